The topological polar surface area (TPSA) is 57.2 Å². The van der Waals surface area contributed by atoms with E-state index in [1.165, 1.54) is 11.8 Å². The number of methoxy groups -OCH3 is 3. The second kappa shape index (κ2) is 9.67. The van der Waals surface area contributed by atoms with Crippen LogP contribution in [0.1, 0.15) is 5.56 Å². The predicted octanol–water partition coefficient (Wildman–Crippen LogP) is 3.99. The highest BCUT2D eigenvalue weighted by molar-refractivity contribution is 8.26. The van der Waals surface area contributed by atoms with Crippen LogP contribution in [0.2, 0.25) is 0 Å². The molecular formula is C21H21NO5S2. The van der Waals surface area contributed by atoms with Gasteiger partial charge in [0.1, 0.15) is 22.4 Å². The van der Waals surface area contributed by atoms with Crippen molar-refractivity contribution in [3.8, 4) is 23.0 Å². The lowest BCUT2D eigenvalue weighted by molar-refractivity contribution is -0.122. The van der Waals surface area contributed by atoms with Crippen molar-refractivity contribution in [3.05, 3.63) is 52.9 Å². The van der Waals surface area contributed by atoms with Gasteiger partial charge in [-0.15, -0.1) is 0 Å². The second-order valence-electron chi connectivity index (χ2n) is 5.94. The Morgan fingerprint density at radius 3 is 2.31 bits per heavy atom. The fourth-order valence-corrected chi connectivity index (χ4v) is 4.07. The number of thiocarbonyl (C=S) groups is 1. The number of benzene rings is 2. The molecule has 8 heteroatoms. The number of rotatable bonds is 8. The van der Waals surface area contributed by atoms with E-state index in [9.17, 15) is 4.79 Å². The first-order chi connectivity index (χ1) is 14.1. The summed E-state index contributed by atoms with van der Waals surface area (Å²) < 4.78 is 22.3. The first-order valence-electron chi connectivity index (χ1n) is 8.80. The summed E-state index contributed by atoms with van der Waals surface area (Å²) in [5.41, 5.74) is 0.700. The van der Waals surface area contributed by atoms with Crippen molar-refractivity contribution in [2.75, 3.05) is 34.5 Å². The van der Waals surface area contributed by atoms with Gasteiger partial charge in [-0.1, -0.05) is 42.2 Å². The van der Waals surface area contributed by atoms with E-state index in [-0.39, 0.29) is 5.91 Å². The Morgan fingerprint density at radius 1 is 1.00 bits per heavy atom. The molecule has 0 aliphatic carbocycles. The van der Waals surface area contributed by atoms with Gasteiger partial charge >= 0.3 is 0 Å². The van der Waals surface area contributed by atoms with Crippen LogP contribution >= 0.6 is 24.0 Å². The van der Waals surface area contributed by atoms with Gasteiger partial charge in [-0.05, 0) is 24.3 Å². The van der Waals surface area contributed by atoms with E-state index < -0.39 is 0 Å². The lowest BCUT2D eigenvalue weighted by atomic mass is 10.1. The largest absolute Gasteiger partial charge is 0.496 e. The van der Waals surface area contributed by atoms with Gasteiger partial charge in [-0.2, -0.15) is 0 Å². The lowest BCUT2D eigenvalue weighted by Gasteiger charge is -2.15. The van der Waals surface area contributed by atoms with E-state index >= 15 is 0 Å². The summed E-state index contributed by atoms with van der Waals surface area (Å²) in [4.78, 5) is 14.9. The van der Waals surface area contributed by atoms with Gasteiger partial charge in [0.25, 0.3) is 5.91 Å². The molecule has 2 aromatic rings. The molecule has 1 saturated heterocycles. The number of thioether (sulfide) groups is 1. The van der Waals surface area contributed by atoms with Crippen LogP contribution in [0.3, 0.4) is 0 Å². The first kappa shape index (κ1) is 21.0. The zero-order valence-corrected chi connectivity index (χ0v) is 18.0. The van der Waals surface area contributed by atoms with Crippen LogP contribution in [0.15, 0.2) is 47.4 Å². The quantitative estimate of drug-likeness (QED) is 0.463. The highest BCUT2D eigenvalue weighted by atomic mass is 32.2. The van der Waals surface area contributed by atoms with E-state index in [1.54, 1.807) is 44.4 Å². The molecule has 6 nitrogen and oxygen atoms in total. The van der Waals surface area contributed by atoms with Crippen LogP contribution in [-0.4, -0.2) is 49.6 Å². The molecule has 29 heavy (non-hydrogen) atoms. The second-order valence-corrected chi connectivity index (χ2v) is 7.62. The summed E-state index contributed by atoms with van der Waals surface area (Å²) in [7, 11) is 4.67. The van der Waals surface area contributed by atoms with Gasteiger partial charge in [0.2, 0.25) is 0 Å². The zero-order chi connectivity index (χ0) is 20.8. The normalized spacial score (nSPS) is 15.0. The van der Waals surface area contributed by atoms with Crippen molar-refractivity contribution in [2.45, 2.75) is 0 Å². The third kappa shape index (κ3) is 4.83. The van der Waals surface area contributed by atoms with E-state index in [4.69, 9.17) is 31.2 Å². The Labute approximate surface area is 179 Å². The van der Waals surface area contributed by atoms with Crippen LogP contribution in [0.4, 0.5) is 0 Å². The smallest absolute Gasteiger partial charge is 0.266 e. The minimum Gasteiger partial charge on any atom is -0.496 e. The third-order valence-corrected chi connectivity index (χ3v) is 5.60. The SMILES string of the molecule is COc1cc(OC)c(OC)cc1/C=C1/SC(=S)N(CCOc2ccccc2)C1=O. The molecule has 0 N–H and O–H groups in total. The van der Waals surface area contributed by atoms with Gasteiger partial charge in [0.15, 0.2) is 11.5 Å². The predicted molar refractivity (Wildman–Crippen MR) is 118 cm³/mol. The summed E-state index contributed by atoms with van der Waals surface area (Å²) >= 11 is 6.64. The highest BCUT2D eigenvalue weighted by Crippen LogP contribution is 2.38. The van der Waals surface area contributed by atoms with Gasteiger partial charge in [-0.3, -0.25) is 9.69 Å². The summed E-state index contributed by atoms with van der Waals surface area (Å²) in [6.45, 7) is 0.726. The van der Waals surface area contributed by atoms with Crippen LogP contribution in [0.5, 0.6) is 23.0 Å². The van der Waals surface area contributed by atoms with E-state index in [0.29, 0.717) is 45.2 Å². The van der Waals surface area contributed by atoms with Crippen LogP contribution in [0.25, 0.3) is 6.08 Å². The van der Waals surface area contributed by atoms with Crippen LogP contribution < -0.4 is 18.9 Å². The van der Waals surface area contributed by atoms with Crippen molar-refractivity contribution in [3.63, 3.8) is 0 Å². The molecule has 0 aromatic heterocycles. The number of amides is 1. The molecule has 1 amide bonds. The van der Waals surface area contributed by atoms with Crippen molar-refractivity contribution < 1.29 is 23.7 Å². The Morgan fingerprint density at radius 2 is 1.66 bits per heavy atom. The van der Waals surface area contributed by atoms with E-state index in [0.717, 1.165) is 5.75 Å². The molecule has 0 unspecified atom stereocenters. The number of para-hydroxylation sites is 1. The number of hydrogen-bond acceptors (Lipinski definition) is 7. The van der Waals surface area contributed by atoms with Crippen LogP contribution in [0, 0.1) is 0 Å². The van der Waals surface area contributed by atoms with E-state index in [1.807, 2.05) is 30.3 Å². The van der Waals surface area contributed by atoms with Crippen molar-refractivity contribution >= 4 is 40.3 Å². The minimum absolute atomic E-state index is 0.159. The molecule has 0 spiro atoms. The van der Waals surface area contributed by atoms with Gasteiger partial charge in [0.05, 0.1) is 32.8 Å². The summed E-state index contributed by atoms with van der Waals surface area (Å²) in [5, 5.41) is 0. The Kier molecular flexibility index (Phi) is 7.00. The Hall–Kier alpha value is -2.71. The minimum atomic E-state index is -0.159. The van der Waals surface area contributed by atoms with Gasteiger partial charge < -0.3 is 18.9 Å². The first-order valence-corrected chi connectivity index (χ1v) is 10.0. The molecule has 0 atom stereocenters. The molecule has 2 aromatic carbocycles. The molecule has 1 aliphatic rings. The third-order valence-electron chi connectivity index (χ3n) is 4.22. The van der Waals surface area contributed by atoms with Crippen molar-refractivity contribution in [1.82, 2.24) is 4.90 Å². The zero-order valence-electron chi connectivity index (χ0n) is 16.3. The number of carbonyl (C=O) groups is 1. The van der Waals surface area contributed by atoms with Gasteiger partial charge in [-0.25, -0.2) is 0 Å². The van der Waals surface area contributed by atoms with E-state index in [2.05, 4.69) is 0 Å². The fraction of sp³-hybridized carbons (Fsp3) is 0.238. The number of carbonyl (C=O) groups excluding carboxylic acids is 1. The average Bonchev–Trinajstić information content (AvgIpc) is 3.01. The molecule has 0 saturated carbocycles. The maximum Gasteiger partial charge on any atom is 0.266 e. The van der Waals surface area contributed by atoms with Crippen molar-refractivity contribution in [2.24, 2.45) is 0 Å². The highest BCUT2D eigenvalue weighted by Gasteiger charge is 2.32. The molecule has 1 heterocycles. The number of nitrogens with zero attached hydrogens (tertiary/aromatic N) is 1. The average molecular weight is 432 g/mol. The standard InChI is InChI=1S/C21H21NO5S2/c1-24-16-13-18(26-3)17(25-2)11-14(16)12-19-20(23)22(21(28)29-19)9-10-27-15-7-5-4-6-8-15/h4-8,11-13H,9-10H2,1-3H3/b19-12+. The fourth-order valence-electron chi connectivity index (χ4n) is 2.77. The molecule has 3 rings (SSSR count). The maximum atomic E-state index is 12.8. The monoisotopic (exact) mass is 431 g/mol. The van der Waals surface area contributed by atoms with Gasteiger partial charge in [0, 0.05) is 11.6 Å². The molecule has 0 bridgehead atoms. The summed E-state index contributed by atoms with van der Waals surface area (Å²) in [5.74, 6) is 2.26. The molecular weight excluding hydrogens is 410 g/mol. The number of hydrogen-bond donors (Lipinski definition) is 0. The van der Waals surface area contributed by atoms with Crippen molar-refractivity contribution in [1.29, 1.82) is 0 Å². The molecule has 152 valence electrons. The summed E-state index contributed by atoms with van der Waals surface area (Å²) in [6, 6.07) is 12.9. The molecule has 0 radical (unpaired) electrons. The summed E-state index contributed by atoms with van der Waals surface area (Å²) in [6.07, 6.45) is 1.75. The lowest BCUT2D eigenvalue weighted by Crippen LogP contribution is -2.32. The maximum absolute atomic E-state index is 12.8. The Bertz CT molecular complexity index is 930. The molecule has 1 fully saturated rings. The number of ether oxygens (including phenoxy) is 4. The molecule has 1 aliphatic heterocycles. The van der Waals surface area contributed by atoms with Crippen LogP contribution in [-0.2, 0) is 4.79 Å². The Balaban J connectivity index is 1.75.